The molecular weight excluding hydrogens is 118 g/mol. The van der Waals surface area contributed by atoms with Crippen molar-refractivity contribution in [3.63, 3.8) is 0 Å². The smallest absolute Gasteiger partial charge is 0.175 e. The fourth-order valence-corrected chi connectivity index (χ4v) is 0.265. The standard InChI is InChI=1S/C5H9NO.CH4O/c1-3-5(7)4(2)6;1-2/h6H,3H2,1-2H3;2H,1H3. The molecule has 0 aliphatic heterocycles. The van der Waals surface area contributed by atoms with Crippen molar-refractivity contribution in [1.82, 2.24) is 0 Å². The zero-order valence-corrected chi connectivity index (χ0v) is 6.06. The van der Waals surface area contributed by atoms with Crippen LogP contribution in [0.5, 0.6) is 0 Å². The first-order chi connectivity index (χ1) is 4.18. The highest BCUT2D eigenvalue weighted by Crippen LogP contribution is 1.80. The number of Topliss-reactive ketones (excluding diaryl/α,β-unsaturated/α-hetero) is 1. The van der Waals surface area contributed by atoms with Crippen LogP contribution < -0.4 is 0 Å². The summed E-state index contributed by atoms with van der Waals surface area (Å²) in [5, 5.41) is 13.8. The molecule has 9 heavy (non-hydrogen) atoms. The number of aliphatic hydroxyl groups excluding tert-OH is 1. The molecule has 0 aliphatic carbocycles. The topological polar surface area (TPSA) is 61.2 Å². The van der Waals surface area contributed by atoms with Crippen LogP contribution in [0.25, 0.3) is 0 Å². The predicted octanol–water partition coefficient (Wildman–Crippen LogP) is 0.614. The molecular formula is C6H13NO2. The van der Waals surface area contributed by atoms with Crippen LogP contribution in [0.3, 0.4) is 0 Å². The van der Waals surface area contributed by atoms with E-state index in [0.717, 1.165) is 7.11 Å². The minimum Gasteiger partial charge on any atom is -0.400 e. The normalized spacial score (nSPS) is 7.11. The van der Waals surface area contributed by atoms with Gasteiger partial charge in [-0.2, -0.15) is 0 Å². The SMILES string of the molecule is CCC(=O)C(C)=N.CO. The summed E-state index contributed by atoms with van der Waals surface area (Å²) in [6, 6.07) is 0. The number of hydrogen-bond donors (Lipinski definition) is 2. The van der Waals surface area contributed by atoms with E-state index in [-0.39, 0.29) is 11.5 Å². The monoisotopic (exact) mass is 131 g/mol. The lowest BCUT2D eigenvalue weighted by atomic mass is 10.2. The summed E-state index contributed by atoms with van der Waals surface area (Å²) in [7, 11) is 1.00. The third-order valence-electron chi connectivity index (χ3n) is 0.739. The largest absolute Gasteiger partial charge is 0.400 e. The van der Waals surface area contributed by atoms with E-state index in [9.17, 15) is 4.79 Å². The van der Waals surface area contributed by atoms with E-state index in [1.807, 2.05) is 0 Å². The Morgan fingerprint density at radius 2 is 1.89 bits per heavy atom. The zero-order valence-electron chi connectivity index (χ0n) is 6.06. The van der Waals surface area contributed by atoms with Gasteiger partial charge < -0.3 is 10.5 Å². The van der Waals surface area contributed by atoms with E-state index in [2.05, 4.69) is 0 Å². The second-order valence-corrected chi connectivity index (χ2v) is 1.40. The summed E-state index contributed by atoms with van der Waals surface area (Å²) in [5.74, 6) is -0.0694. The third-order valence-corrected chi connectivity index (χ3v) is 0.739. The van der Waals surface area contributed by atoms with Crippen molar-refractivity contribution >= 4 is 11.5 Å². The van der Waals surface area contributed by atoms with Crippen molar-refractivity contribution in [3.8, 4) is 0 Å². The Morgan fingerprint density at radius 1 is 1.56 bits per heavy atom. The molecule has 0 rings (SSSR count). The molecule has 3 heteroatoms. The lowest BCUT2D eigenvalue weighted by Gasteiger charge is -1.85. The maximum Gasteiger partial charge on any atom is 0.175 e. The van der Waals surface area contributed by atoms with E-state index >= 15 is 0 Å². The molecule has 54 valence electrons. The summed E-state index contributed by atoms with van der Waals surface area (Å²) < 4.78 is 0. The minimum atomic E-state index is -0.0694. The Labute approximate surface area is 55.2 Å². The highest BCUT2D eigenvalue weighted by atomic mass is 16.2. The van der Waals surface area contributed by atoms with Gasteiger partial charge in [-0.3, -0.25) is 4.79 Å². The Balaban J connectivity index is 0. The molecule has 0 spiro atoms. The van der Waals surface area contributed by atoms with Crippen molar-refractivity contribution in [2.24, 2.45) is 0 Å². The zero-order chi connectivity index (χ0) is 7.86. The molecule has 0 saturated heterocycles. The lowest BCUT2D eigenvalue weighted by molar-refractivity contribution is -0.112. The molecule has 0 fully saturated rings. The number of aliphatic hydroxyl groups is 1. The van der Waals surface area contributed by atoms with Gasteiger partial charge in [0.1, 0.15) is 0 Å². The van der Waals surface area contributed by atoms with Crippen LogP contribution in [-0.4, -0.2) is 23.7 Å². The average Bonchev–Trinajstić information content (AvgIpc) is 1.91. The van der Waals surface area contributed by atoms with Gasteiger partial charge in [-0.15, -0.1) is 0 Å². The molecule has 0 saturated carbocycles. The fourth-order valence-electron chi connectivity index (χ4n) is 0.265. The molecule has 0 aromatic rings. The quantitative estimate of drug-likeness (QED) is 0.539. The second-order valence-electron chi connectivity index (χ2n) is 1.40. The van der Waals surface area contributed by atoms with Crippen LogP contribution in [0.15, 0.2) is 0 Å². The number of rotatable bonds is 2. The molecule has 2 N–H and O–H groups in total. The van der Waals surface area contributed by atoms with E-state index in [0.29, 0.717) is 6.42 Å². The molecule has 3 nitrogen and oxygen atoms in total. The first-order valence-electron chi connectivity index (χ1n) is 2.71. The van der Waals surface area contributed by atoms with Crippen LogP contribution >= 0.6 is 0 Å². The van der Waals surface area contributed by atoms with Gasteiger partial charge >= 0.3 is 0 Å². The van der Waals surface area contributed by atoms with Gasteiger partial charge in [-0.1, -0.05) is 6.92 Å². The van der Waals surface area contributed by atoms with E-state index in [1.165, 1.54) is 6.92 Å². The summed E-state index contributed by atoms with van der Waals surface area (Å²) in [6.07, 6.45) is 0.454. The summed E-state index contributed by atoms with van der Waals surface area (Å²) in [6.45, 7) is 3.26. The number of carbonyl (C=O) groups is 1. The van der Waals surface area contributed by atoms with Gasteiger partial charge in [0.25, 0.3) is 0 Å². The van der Waals surface area contributed by atoms with Crippen LogP contribution in [0, 0.1) is 5.41 Å². The van der Waals surface area contributed by atoms with Crippen molar-refractivity contribution in [2.45, 2.75) is 20.3 Å². The van der Waals surface area contributed by atoms with Gasteiger partial charge in [-0.05, 0) is 6.92 Å². The minimum absolute atomic E-state index is 0.0694. The van der Waals surface area contributed by atoms with Crippen LogP contribution in [0.2, 0.25) is 0 Å². The fraction of sp³-hybridized carbons (Fsp3) is 0.667. The summed E-state index contributed by atoms with van der Waals surface area (Å²) in [4.78, 5) is 10.3. The highest BCUT2D eigenvalue weighted by molar-refractivity contribution is 6.37. The molecule has 0 radical (unpaired) electrons. The Kier molecular flexibility index (Phi) is 9.04. The van der Waals surface area contributed by atoms with Gasteiger partial charge in [0, 0.05) is 13.5 Å². The van der Waals surface area contributed by atoms with Crippen molar-refractivity contribution in [2.75, 3.05) is 7.11 Å². The molecule has 0 aliphatic rings. The molecule has 0 heterocycles. The maximum absolute atomic E-state index is 10.3. The first-order valence-corrected chi connectivity index (χ1v) is 2.71. The number of ketones is 1. The van der Waals surface area contributed by atoms with E-state index in [1.54, 1.807) is 6.92 Å². The van der Waals surface area contributed by atoms with Crippen LogP contribution in [0.1, 0.15) is 20.3 Å². The van der Waals surface area contributed by atoms with Crippen molar-refractivity contribution < 1.29 is 9.90 Å². The molecule has 0 aromatic carbocycles. The summed E-state index contributed by atoms with van der Waals surface area (Å²) in [5.41, 5.74) is 0.155. The summed E-state index contributed by atoms with van der Waals surface area (Å²) >= 11 is 0. The Bertz CT molecular complexity index is 99.2. The van der Waals surface area contributed by atoms with Crippen molar-refractivity contribution in [1.29, 1.82) is 5.41 Å². The third kappa shape index (κ3) is 7.30. The Hall–Kier alpha value is -0.700. The number of hydrogen-bond acceptors (Lipinski definition) is 3. The van der Waals surface area contributed by atoms with Crippen LogP contribution in [0.4, 0.5) is 0 Å². The van der Waals surface area contributed by atoms with Crippen LogP contribution in [-0.2, 0) is 4.79 Å². The highest BCUT2D eigenvalue weighted by Gasteiger charge is 1.96. The molecule has 0 unspecified atom stereocenters. The average molecular weight is 131 g/mol. The second kappa shape index (κ2) is 7.30. The first kappa shape index (κ1) is 11.1. The lowest BCUT2D eigenvalue weighted by Crippen LogP contribution is -2.05. The van der Waals surface area contributed by atoms with Gasteiger partial charge in [0.15, 0.2) is 5.78 Å². The molecule has 0 amide bonds. The van der Waals surface area contributed by atoms with E-state index < -0.39 is 0 Å². The molecule has 0 aromatic heterocycles. The molecule has 0 atom stereocenters. The van der Waals surface area contributed by atoms with Gasteiger partial charge in [0.2, 0.25) is 0 Å². The van der Waals surface area contributed by atoms with Gasteiger partial charge in [-0.25, -0.2) is 0 Å². The number of nitrogens with one attached hydrogen (secondary N) is 1. The number of carbonyl (C=O) groups excluding carboxylic acids is 1. The molecule has 0 bridgehead atoms. The maximum atomic E-state index is 10.3. The predicted molar refractivity (Wildman–Crippen MR) is 36.8 cm³/mol. The van der Waals surface area contributed by atoms with Gasteiger partial charge in [0.05, 0.1) is 5.71 Å². The Morgan fingerprint density at radius 3 is 1.89 bits per heavy atom. The van der Waals surface area contributed by atoms with E-state index in [4.69, 9.17) is 10.5 Å². The van der Waals surface area contributed by atoms with Crippen molar-refractivity contribution in [3.05, 3.63) is 0 Å².